The van der Waals surface area contributed by atoms with Crippen LogP contribution < -0.4 is 10.2 Å². The zero-order valence-electron chi connectivity index (χ0n) is 13.5. The molecule has 1 amide bonds. The highest BCUT2D eigenvalue weighted by molar-refractivity contribution is 5.96. The highest BCUT2D eigenvalue weighted by Crippen LogP contribution is 2.36. The molecule has 0 radical (unpaired) electrons. The molecule has 6 heteroatoms. The monoisotopic (exact) mass is 317 g/mol. The maximum absolute atomic E-state index is 12.7. The lowest BCUT2D eigenvalue weighted by molar-refractivity contribution is -0.385. The molecule has 1 fully saturated rings. The normalized spacial score (nSPS) is 19.4. The van der Waals surface area contributed by atoms with Crippen molar-refractivity contribution in [1.29, 1.82) is 0 Å². The fourth-order valence-electron chi connectivity index (χ4n) is 3.81. The van der Waals surface area contributed by atoms with Crippen LogP contribution in [0, 0.1) is 22.0 Å². The van der Waals surface area contributed by atoms with Crippen molar-refractivity contribution in [3.8, 4) is 0 Å². The molecule has 2 aliphatic heterocycles. The molecule has 1 N–H and O–H groups in total. The number of fused-ring (bicyclic) bond motifs is 1. The second-order valence-corrected chi connectivity index (χ2v) is 6.60. The summed E-state index contributed by atoms with van der Waals surface area (Å²) in [5.74, 6) is 1.04. The molecule has 1 atom stereocenters. The molecule has 0 aliphatic carbocycles. The van der Waals surface area contributed by atoms with Crippen LogP contribution in [-0.2, 0) is 11.2 Å². The minimum atomic E-state index is -0.357. The number of piperidine rings is 1. The van der Waals surface area contributed by atoms with Crippen molar-refractivity contribution in [2.75, 3.05) is 24.5 Å². The van der Waals surface area contributed by atoms with Crippen LogP contribution in [0.2, 0.25) is 0 Å². The van der Waals surface area contributed by atoms with Gasteiger partial charge < -0.3 is 10.2 Å². The van der Waals surface area contributed by atoms with Gasteiger partial charge in [0.2, 0.25) is 5.91 Å². The van der Waals surface area contributed by atoms with E-state index in [9.17, 15) is 14.9 Å². The average Bonchev–Trinajstić information content (AvgIpc) is 2.99. The number of anilines is 1. The highest BCUT2D eigenvalue weighted by atomic mass is 16.6. The van der Waals surface area contributed by atoms with Gasteiger partial charge in [0.05, 0.1) is 16.2 Å². The fourth-order valence-corrected chi connectivity index (χ4v) is 3.81. The van der Waals surface area contributed by atoms with Gasteiger partial charge in [0.1, 0.15) is 0 Å². The molecule has 124 valence electrons. The third-order valence-electron chi connectivity index (χ3n) is 5.19. The van der Waals surface area contributed by atoms with Crippen molar-refractivity contribution < 1.29 is 9.72 Å². The fraction of sp³-hybridized carbons (Fsp3) is 0.588. The van der Waals surface area contributed by atoms with Gasteiger partial charge in [-0.2, -0.15) is 0 Å². The van der Waals surface area contributed by atoms with E-state index >= 15 is 0 Å². The molecule has 1 unspecified atom stereocenters. The second-order valence-electron chi connectivity index (χ2n) is 6.60. The van der Waals surface area contributed by atoms with E-state index < -0.39 is 0 Å². The lowest BCUT2D eigenvalue weighted by Crippen LogP contribution is -2.35. The summed E-state index contributed by atoms with van der Waals surface area (Å²) in [7, 11) is 0. The number of nitro benzene ring substituents is 1. The Morgan fingerprint density at radius 3 is 2.87 bits per heavy atom. The third-order valence-corrected chi connectivity index (χ3v) is 5.19. The Bertz CT molecular complexity index is 611. The van der Waals surface area contributed by atoms with Crippen molar-refractivity contribution in [3.05, 3.63) is 33.9 Å². The quantitative estimate of drug-likeness (QED) is 0.684. The minimum absolute atomic E-state index is 0.0929. The molecule has 1 aromatic carbocycles. The van der Waals surface area contributed by atoms with E-state index in [1.165, 1.54) is 6.07 Å². The first kappa shape index (κ1) is 15.9. The van der Waals surface area contributed by atoms with Gasteiger partial charge in [-0.3, -0.25) is 14.9 Å². The maximum atomic E-state index is 12.7. The van der Waals surface area contributed by atoms with Crippen LogP contribution >= 0.6 is 0 Å². The number of hydrogen-bond acceptors (Lipinski definition) is 4. The summed E-state index contributed by atoms with van der Waals surface area (Å²) in [6, 6.07) is 5.01. The van der Waals surface area contributed by atoms with Gasteiger partial charge >= 0.3 is 0 Å². The molecule has 0 spiro atoms. The van der Waals surface area contributed by atoms with Crippen LogP contribution in [0.4, 0.5) is 11.4 Å². The molecule has 0 aromatic heterocycles. The molecule has 1 aromatic rings. The van der Waals surface area contributed by atoms with Gasteiger partial charge in [0.15, 0.2) is 0 Å². The van der Waals surface area contributed by atoms with Crippen molar-refractivity contribution in [2.45, 2.75) is 32.6 Å². The van der Waals surface area contributed by atoms with Gasteiger partial charge in [-0.05, 0) is 50.3 Å². The van der Waals surface area contributed by atoms with Crippen LogP contribution in [-0.4, -0.2) is 30.5 Å². The lowest BCUT2D eigenvalue weighted by Gasteiger charge is -2.29. The Kier molecular flexibility index (Phi) is 4.61. The van der Waals surface area contributed by atoms with E-state index in [2.05, 4.69) is 12.2 Å². The van der Waals surface area contributed by atoms with E-state index in [4.69, 9.17) is 0 Å². The Balaban J connectivity index is 1.71. The smallest absolute Gasteiger partial charge is 0.274 e. The summed E-state index contributed by atoms with van der Waals surface area (Å²) in [6.07, 6.45) is 3.33. The molecule has 2 heterocycles. The Labute approximate surface area is 136 Å². The molecule has 0 bridgehead atoms. The van der Waals surface area contributed by atoms with Crippen LogP contribution in [0.5, 0.6) is 0 Å². The molecule has 23 heavy (non-hydrogen) atoms. The predicted molar refractivity (Wildman–Crippen MR) is 88.5 cm³/mol. The van der Waals surface area contributed by atoms with Crippen molar-refractivity contribution in [1.82, 2.24) is 5.32 Å². The Morgan fingerprint density at radius 2 is 2.17 bits per heavy atom. The number of carbonyl (C=O) groups is 1. The minimum Gasteiger partial charge on any atom is -0.317 e. The Hall–Kier alpha value is -1.95. The number of carbonyl (C=O) groups excluding carboxylic acids is 1. The van der Waals surface area contributed by atoms with Gasteiger partial charge in [0, 0.05) is 19.0 Å². The van der Waals surface area contributed by atoms with E-state index in [1.807, 2.05) is 6.07 Å². The summed E-state index contributed by atoms with van der Waals surface area (Å²) in [6.45, 7) is 4.76. The van der Waals surface area contributed by atoms with Crippen molar-refractivity contribution in [2.24, 2.45) is 11.8 Å². The number of nitro groups is 1. The molecule has 2 aliphatic rings. The summed E-state index contributed by atoms with van der Waals surface area (Å²) < 4.78 is 0. The highest BCUT2D eigenvalue weighted by Gasteiger charge is 2.32. The van der Waals surface area contributed by atoms with Gasteiger partial charge in [-0.15, -0.1) is 0 Å². The van der Waals surface area contributed by atoms with Crippen LogP contribution in [0.1, 0.15) is 31.7 Å². The summed E-state index contributed by atoms with van der Waals surface area (Å²) in [5, 5.41) is 14.5. The second kappa shape index (κ2) is 6.66. The number of benzene rings is 1. The number of amides is 1. The molecule has 3 rings (SSSR count). The lowest BCUT2D eigenvalue weighted by atomic mass is 9.84. The largest absolute Gasteiger partial charge is 0.317 e. The standard InChI is InChI=1S/C17H23N3O3/c1-12(13-5-8-18-9-6-13)11-17(21)19-10-7-14-15(19)3-2-4-16(14)20(22)23/h2-4,12-13,18H,5-11H2,1H3. The van der Waals surface area contributed by atoms with Crippen molar-refractivity contribution in [3.63, 3.8) is 0 Å². The SMILES string of the molecule is CC(CC(=O)N1CCc2c1cccc2[N+](=O)[O-])C1CCNCC1. The molecular weight excluding hydrogens is 294 g/mol. The number of nitrogens with zero attached hydrogens (tertiary/aromatic N) is 2. The molecule has 0 saturated carbocycles. The van der Waals surface area contributed by atoms with E-state index in [1.54, 1.807) is 11.0 Å². The van der Waals surface area contributed by atoms with E-state index in [0.717, 1.165) is 31.6 Å². The number of rotatable bonds is 4. The third kappa shape index (κ3) is 3.22. The summed E-state index contributed by atoms with van der Waals surface area (Å²) >= 11 is 0. The first-order valence-corrected chi connectivity index (χ1v) is 8.35. The number of hydrogen-bond donors (Lipinski definition) is 1. The first-order valence-electron chi connectivity index (χ1n) is 8.35. The topological polar surface area (TPSA) is 75.5 Å². The predicted octanol–water partition coefficient (Wildman–Crippen LogP) is 2.51. The van der Waals surface area contributed by atoms with Crippen LogP contribution in [0.25, 0.3) is 0 Å². The van der Waals surface area contributed by atoms with Gasteiger partial charge in [0.25, 0.3) is 5.69 Å². The molecular formula is C17H23N3O3. The van der Waals surface area contributed by atoms with E-state index in [0.29, 0.717) is 36.8 Å². The zero-order chi connectivity index (χ0) is 16.4. The summed E-state index contributed by atoms with van der Waals surface area (Å²) in [5.41, 5.74) is 1.55. The van der Waals surface area contributed by atoms with E-state index in [-0.39, 0.29) is 16.5 Å². The zero-order valence-corrected chi connectivity index (χ0v) is 13.5. The van der Waals surface area contributed by atoms with Crippen LogP contribution in [0.3, 0.4) is 0 Å². The van der Waals surface area contributed by atoms with Crippen LogP contribution in [0.15, 0.2) is 18.2 Å². The Morgan fingerprint density at radius 1 is 1.43 bits per heavy atom. The average molecular weight is 317 g/mol. The van der Waals surface area contributed by atoms with Crippen molar-refractivity contribution >= 4 is 17.3 Å². The number of nitrogens with one attached hydrogen (secondary N) is 1. The molecule has 1 saturated heterocycles. The van der Waals surface area contributed by atoms with Gasteiger partial charge in [-0.1, -0.05) is 13.0 Å². The van der Waals surface area contributed by atoms with Gasteiger partial charge in [-0.25, -0.2) is 0 Å². The molecule has 6 nitrogen and oxygen atoms in total. The first-order chi connectivity index (χ1) is 11.1. The maximum Gasteiger partial charge on any atom is 0.274 e. The summed E-state index contributed by atoms with van der Waals surface area (Å²) in [4.78, 5) is 25.2.